The SMILES string of the molecule is O=C1CC(CN2CCC(Cc3cc(Cl)ccc3Cl)CC2)NC(=O)N1C1CCCCC1. The van der Waals surface area contributed by atoms with Crippen LogP contribution in [0.1, 0.15) is 56.9 Å². The molecule has 1 aliphatic carbocycles. The Kier molecular flexibility index (Phi) is 7.22. The second-order valence-electron chi connectivity index (χ2n) is 9.09. The Balaban J connectivity index is 1.25. The number of imide groups is 1. The highest BCUT2D eigenvalue weighted by atomic mass is 35.5. The lowest BCUT2D eigenvalue weighted by atomic mass is 9.89. The molecule has 1 aromatic carbocycles. The third-order valence-electron chi connectivity index (χ3n) is 6.88. The molecule has 0 bridgehead atoms. The average Bonchev–Trinajstić information content (AvgIpc) is 2.72. The molecular weight excluding hydrogens is 421 g/mol. The minimum absolute atomic E-state index is 0.00105. The second-order valence-corrected chi connectivity index (χ2v) is 9.93. The maximum absolute atomic E-state index is 12.7. The molecule has 2 heterocycles. The van der Waals surface area contributed by atoms with Gasteiger partial charge in [-0.1, -0.05) is 42.5 Å². The second kappa shape index (κ2) is 9.88. The van der Waals surface area contributed by atoms with E-state index in [4.69, 9.17) is 23.2 Å². The summed E-state index contributed by atoms with van der Waals surface area (Å²) in [5.41, 5.74) is 1.12. The molecule has 1 saturated carbocycles. The van der Waals surface area contributed by atoms with Crippen molar-refractivity contribution in [1.82, 2.24) is 15.1 Å². The molecule has 1 N–H and O–H groups in total. The van der Waals surface area contributed by atoms with Gasteiger partial charge in [-0.3, -0.25) is 9.69 Å². The van der Waals surface area contributed by atoms with Crippen LogP contribution in [-0.2, 0) is 11.2 Å². The highest BCUT2D eigenvalue weighted by Gasteiger charge is 2.37. The monoisotopic (exact) mass is 451 g/mol. The highest BCUT2D eigenvalue weighted by Crippen LogP contribution is 2.29. The fourth-order valence-corrected chi connectivity index (χ4v) is 5.62. The van der Waals surface area contributed by atoms with Gasteiger partial charge in [0.05, 0.1) is 6.04 Å². The lowest BCUT2D eigenvalue weighted by Gasteiger charge is -2.40. The number of amides is 3. The zero-order valence-corrected chi connectivity index (χ0v) is 18.9. The first-order valence-corrected chi connectivity index (χ1v) is 12.0. The molecule has 2 saturated heterocycles. The first-order chi connectivity index (χ1) is 14.5. The van der Waals surface area contributed by atoms with Crippen molar-refractivity contribution in [1.29, 1.82) is 0 Å². The number of nitrogens with one attached hydrogen (secondary N) is 1. The molecule has 1 atom stereocenters. The summed E-state index contributed by atoms with van der Waals surface area (Å²) in [7, 11) is 0. The third kappa shape index (κ3) is 5.30. The molecular formula is C23H31Cl2N3O2. The van der Waals surface area contributed by atoms with Crippen molar-refractivity contribution in [2.24, 2.45) is 5.92 Å². The van der Waals surface area contributed by atoms with E-state index in [1.807, 2.05) is 18.2 Å². The Morgan fingerprint density at radius 2 is 1.73 bits per heavy atom. The summed E-state index contributed by atoms with van der Waals surface area (Å²) in [6.45, 7) is 2.71. The maximum atomic E-state index is 12.7. The zero-order valence-electron chi connectivity index (χ0n) is 17.4. The van der Waals surface area contributed by atoms with E-state index in [0.717, 1.165) is 80.2 Å². The molecule has 2 aliphatic heterocycles. The van der Waals surface area contributed by atoms with Gasteiger partial charge in [0.25, 0.3) is 0 Å². The molecule has 3 fully saturated rings. The van der Waals surface area contributed by atoms with E-state index >= 15 is 0 Å². The molecule has 1 aromatic rings. The van der Waals surface area contributed by atoms with Crippen LogP contribution < -0.4 is 5.32 Å². The quantitative estimate of drug-likeness (QED) is 0.692. The number of carbonyl (C=O) groups is 2. The molecule has 7 heteroatoms. The molecule has 164 valence electrons. The van der Waals surface area contributed by atoms with E-state index in [0.29, 0.717) is 12.3 Å². The van der Waals surface area contributed by atoms with Gasteiger partial charge in [0, 0.05) is 29.1 Å². The Bertz CT molecular complexity index is 756. The first-order valence-electron chi connectivity index (χ1n) is 11.3. The number of piperidine rings is 1. The van der Waals surface area contributed by atoms with Crippen molar-refractivity contribution in [3.8, 4) is 0 Å². The standard InChI is InChI=1S/C23H31Cl2N3O2/c24-18-6-7-21(25)17(13-18)12-16-8-10-27(11-9-16)15-19-14-22(29)28(23(30)26-19)20-4-2-1-3-5-20/h6-7,13,16,19-20H,1-5,8-12,14-15H2,(H,26,30). The number of urea groups is 1. The number of rotatable bonds is 5. The van der Waals surface area contributed by atoms with Crippen molar-refractivity contribution in [2.75, 3.05) is 19.6 Å². The van der Waals surface area contributed by atoms with Gasteiger partial charge in [-0.25, -0.2) is 4.79 Å². The van der Waals surface area contributed by atoms with Crippen molar-refractivity contribution < 1.29 is 9.59 Å². The fourth-order valence-electron chi connectivity index (χ4n) is 5.23. The van der Waals surface area contributed by atoms with Crippen molar-refractivity contribution in [3.05, 3.63) is 33.8 Å². The average molecular weight is 452 g/mol. The smallest absolute Gasteiger partial charge is 0.324 e. The van der Waals surface area contributed by atoms with Crippen molar-refractivity contribution in [3.63, 3.8) is 0 Å². The number of benzene rings is 1. The summed E-state index contributed by atoms with van der Waals surface area (Å²) in [4.78, 5) is 29.2. The van der Waals surface area contributed by atoms with Crippen LogP contribution in [-0.4, -0.2) is 53.5 Å². The molecule has 0 radical (unpaired) electrons. The zero-order chi connectivity index (χ0) is 21.1. The van der Waals surface area contributed by atoms with Crippen LogP contribution in [0.2, 0.25) is 10.0 Å². The lowest BCUT2D eigenvalue weighted by molar-refractivity contribution is -0.132. The number of hydrogen-bond acceptors (Lipinski definition) is 3. The van der Waals surface area contributed by atoms with Crippen LogP contribution in [0.4, 0.5) is 4.79 Å². The molecule has 0 aromatic heterocycles. The van der Waals surface area contributed by atoms with Crippen LogP contribution in [0.3, 0.4) is 0 Å². The molecule has 1 unspecified atom stereocenters. The van der Waals surface area contributed by atoms with Gasteiger partial charge in [-0.05, 0) is 74.9 Å². The third-order valence-corrected chi connectivity index (χ3v) is 7.48. The van der Waals surface area contributed by atoms with E-state index in [1.165, 1.54) is 11.3 Å². The number of nitrogens with zero attached hydrogens (tertiary/aromatic N) is 2. The molecule has 3 amide bonds. The molecule has 0 spiro atoms. The normalized spacial score (nSPS) is 24.9. The van der Waals surface area contributed by atoms with Crippen molar-refractivity contribution in [2.45, 2.75) is 69.9 Å². The maximum Gasteiger partial charge on any atom is 0.324 e. The minimum Gasteiger partial charge on any atom is -0.333 e. The van der Waals surface area contributed by atoms with E-state index in [-0.39, 0.29) is 24.0 Å². The van der Waals surface area contributed by atoms with Gasteiger partial charge in [0.1, 0.15) is 0 Å². The summed E-state index contributed by atoms with van der Waals surface area (Å²) in [5.74, 6) is 0.586. The predicted octanol–water partition coefficient (Wildman–Crippen LogP) is 4.89. The summed E-state index contributed by atoms with van der Waals surface area (Å²) < 4.78 is 0. The molecule has 4 rings (SSSR count). The Morgan fingerprint density at radius 1 is 1.00 bits per heavy atom. The van der Waals surface area contributed by atoms with E-state index in [2.05, 4.69) is 10.2 Å². The van der Waals surface area contributed by atoms with E-state index in [1.54, 1.807) is 0 Å². The molecule has 3 aliphatic rings. The van der Waals surface area contributed by atoms with E-state index in [9.17, 15) is 9.59 Å². The molecule has 5 nitrogen and oxygen atoms in total. The van der Waals surface area contributed by atoms with Gasteiger partial charge < -0.3 is 10.2 Å². The van der Waals surface area contributed by atoms with E-state index < -0.39 is 0 Å². The Labute approximate surface area is 189 Å². The Morgan fingerprint density at radius 3 is 2.43 bits per heavy atom. The topological polar surface area (TPSA) is 52.7 Å². The predicted molar refractivity (Wildman–Crippen MR) is 120 cm³/mol. The Hall–Kier alpha value is -1.30. The summed E-state index contributed by atoms with van der Waals surface area (Å²) in [6, 6.07) is 5.50. The van der Waals surface area contributed by atoms with Crippen LogP contribution in [0.15, 0.2) is 18.2 Å². The van der Waals surface area contributed by atoms with Gasteiger partial charge in [-0.2, -0.15) is 0 Å². The summed E-state index contributed by atoms with van der Waals surface area (Å²) >= 11 is 12.4. The van der Waals surface area contributed by atoms with Crippen LogP contribution in [0.5, 0.6) is 0 Å². The first kappa shape index (κ1) is 21.9. The number of hydrogen-bond donors (Lipinski definition) is 1. The van der Waals surface area contributed by atoms with Gasteiger partial charge in [0.15, 0.2) is 0 Å². The summed E-state index contributed by atoms with van der Waals surface area (Å²) in [6.07, 6.45) is 8.88. The summed E-state index contributed by atoms with van der Waals surface area (Å²) in [5, 5.41) is 4.61. The van der Waals surface area contributed by atoms with Crippen LogP contribution in [0.25, 0.3) is 0 Å². The number of carbonyl (C=O) groups excluding carboxylic acids is 2. The number of halogens is 2. The lowest BCUT2D eigenvalue weighted by Crippen LogP contribution is -2.60. The van der Waals surface area contributed by atoms with Crippen LogP contribution >= 0.6 is 23.2 Å². The molecule has 30 heavy (non-hydrogen) atoms. The fraction of sp³-hybridized carbons (Fsp3) is 0.652. The number of likely N-dealkylation sites (tertiary alicyclic amines) is 1. The largest absolute Gasteiger partial charge is 0.333 e. The van der Waals surface area contributed by atoms with Crippen LogP contribution in [0, 0.1) is 5.92 Å². The van der Waals surface area contributed by atoms with Gasteiger partial charge >= 0.3 is 6.03 Å². The minimum atomic E-state index is -0.186. The van der Waals surface area contributed by atoms with Gasteiger partial charge in [-0.15, -0.1) is 0 Å². The van der Waals surface area contributed by atoms with Crippen molar-refractivity contribution >= 4 is 35.1 Å². The van der Waals surface area contributed by atoms with Gasteiger partial charge in [0.2, 0.25) is 5.91 Å². The highest BCUT2D eigenvalue weighted by molar-refractivity contribution is 6.33.